The second kappa shape index (κ2) is 5.39. The van der Waals surface area contributed by atoms with Gasteiger partial charge in [-0.3, -0.25) is 4.79 Å². The molecule has 15 heavy (non-hydrogen) atoms. The summed E-state index contributed by atoms with van der Waals surface area (Å²) in [6.45, 7) is 3.86. The van der Waals surface area contributed by atoms with Crippen molar-refractivity contribution in [3.05, 3.63) is 23.8 Å². The van der Waals surface area contributed by atoms with Crippen LogP contribution in [0.1, 0.15) is 32.3 Å². The molecule has 0 aliphatic rings. The molecule has 0 heterocycles. The minimum Gasteiger partial charge on any atom is -0.508 e. The summed E-state index contributed by atoms with van der Waals surface area (Å²) >= 11 is 0. The Bertz CT molecular complexity index is 345. The Morgan fingerprint density at radius 1 is 1.40 bits per heavy atom. The zero-order valence-corrected chi connectivity index (χ0v) is 9.12. The largest absolute Gasteiger partial charge is 0.508 e. The number of carbonyl (C=O) groups excluding carboxylic acids is 1. The van der Waals surface area contributed by atoms with Crippen molar-refractivity contribution in [2.45, 2.75) is 33.1 Å². The molecule has 3 nitrogen and oxygen atoms in total. The second-order valence-corrected chi connectivity index (χ2v) is 3.37. The zero-order chi connectivity index (χ0) is 11.3. The van der Waals surface area contributed by atoms with E-state index in [1.54, 1.807) is 18.2 Å². The van der Waals surface area contributed by atoms with Crippen molar-refractivity contribution in [3.63, 3.8) is 0 Å². The molecule has 82 valence electrons. The molecule has 1 N–H and O–H groups in total. The topological polar surface area (TPSA) is 46.5 Å². The minimum absolute atomic E-state index is 0.231. The number of aryl methyl sites for hydroxylation is 1. The summed E-state index contributed by atoms with van der Waals surface area (Å²) in [4.78, 5) is 11.2. The molecule has 0 bridgehead atoms. The predicted octanol–water partition coefficient (Wildman–Crippen LogP) is 2.66. The van der Waals surface area contributed by atoms with Crippen molar-refractivity contribution in [3.8, 4) is 11.5 Å². The van der Waals surface area contributed by atoms with Gasteiger partial charge in [0.25, 0.3) is 0 Å². The first kappa shape index (κ1) is 11.6. The van der Waals surface area contributed by atoms with E-state index in [-0.39, 0.29) is 11.7 Å². The van der Waals surface area contributed by atoms with Gasteiger partial charge in [0.1, 0.15) is 11.5 Å². The Kier molecular flexibility index (Phi) is 4.16. The number of esters is 1. The Balaban J connectivity index is 2.74. The van der Waals surface area contributed by atoms with Gasteiger partial charge < -0.3 is 9.84 Å². The highest BCUT2D eigenvalue weighted by molar-refractivity contribution is 5.72. The van der Waals surface area contributed by atoms with Crippen molar-refractivity contribution < 1.29 is 14.6 Å². The smallest absolute Gasteiger partial charge is 0.311 e. The van der Waals surface area contributed by atoms with Crippen LogP contribution in [0.3, 0.4) is 0 Å². The Labute approximate surface area is 89.7 Å². The van der Waals surface area contributed by atoms with Crippen LogP contribution >= 0.6 is 0 Å². The van der Waals surface area contributed by atoms with Crippen molar-refractivity contribution in [1.82, 2.24) is 0 Å². The van der Waals surface area contributed by atoms with Gasteiger partial charge in [-0.15, -0.1) is 0 Å². The number of carbonyl (C=O) groups is 1. The van der Waals surface area contributed by atoms with E-state index in [1.165, 1.54) is 0 Å². The highest BCUT2D eigenvalue weighted by atomic mass is 16.5. The fourth-order valence-electron chi connectivity index (χ4n) is 1.30. The van der Waals surface area contributed by atoms with E-state index in [0.29, 0.717) is 18.6 Å². The van der Waals surface area contributed by atoms with Crippen LogP contribution in [0.15, 0.2) is 18.2 Å². The fourth-order valence-corrected chi connectivity index (χ4v) is 1.30. The van der Waals surface area contributed by atoms with Crippen LogP contribution in [-0.2, 0) is 11.2 Å². The molecule has 0 radical (unpaired) electrons. The van der Waals surface area contributed by atoms with Gasteiger partial charge in [-0.2, -0.15) is 0 Å². The Hall–Kier alpha value is -1.51. The lowest BCUT2D eigenvalue weighted by Gasteiger charge is -2.06. The summed E-state index contributed by atoms with van der Waals surface area (Å²) in [5, 5.41) is 9.43. The normalized spacial score (nSPS) is 10.0. The van der Waals surface area contributed by atoms with Gasteiger partial charge in [0.05, 0.1) is 0 Å². The second-order valence-electron chi connectivity index (χ2n) is 3.37. The number of hydrogen-bond acceptors (Lipinski definition) is 3. The van der Waals surface area contributed by atoms with Gasteiger partial charge in [0.2, 0.25) is 0 Å². The number of aromatic hydroxyl groups is 1. The molecular formula is C12H16O3. The molecule has 3 heteroatoms. The van der Waals surface area contributed by atoms with Crippen LogP contribution in [0.25, 0.3) is 0 Å². The minimum atomic E-state index is -0.231. The molecule has 0 saturated heterocycles. The maximum atomic E-state index is 11.2. The van der Waals surface area contributed by atoms with E-state index in [1.807, 2.05) is 13.8 Å². The summed E-state index contributed by atoms with van der Waals surface area (Å²) in [7, 11) is 0. The van der Waals surface area contributed by atoms with Crippen LogP contribution in [0.2, 0.25) is 0 Å². The molecule has 0 aliphatic heterocycles. The lowest BCUT2D eigenvalue weighted by Crippen LogP contribution is -2.06. The van der Waals surface area contributed by atoms with Gasteiger partial charge in [0.15, 0.2) is 0 Å². The molecule has 0 aliphatic carbocycles. The molecule has 0 amide bonds. The Morgan fingerprint density at radius 2 is 2.13 bits per heavy atom. The lowest BCUT2D eigenvalue weighted by molar-refractivity contribution is -0.134. The SMILES string of the molecule is CCCC(=O)Oc1ccc(O)c(CC)c1. The fraction of sp³-hybridized carbons (Fsp3) is 0.417. The third-order valence-corrected chi connectivity index (χ3v) is 2.12. The van der Waals surface area contributed by atoms with E-state index in [4.69, 9.17) is 4.74 Å². The molecule has 1 aromatic carbocycles. The predicted molar refractivity (Wildman–Crippen MR) is 58.0 cm³/mol. The van der Waals surface area contributed by atoms with Gasteiger partial charge in [-0.1, -0.05) is 13.8 Å². The van der Waals surface area contributed by atoms with E-state index in [9.17, 15) is 9.90 Å². The lowest BCUT2D eigenvalue weighted by atomic mass is 10.1. The van der Waals surface area contributed by atoms with Crippen molar-refractivity contribution >= 4 is 5.97 Å². The number of rotatable bonds is 4. The third-order valence-electron chi connectivity index (χ3n) is 2.12. The molecule has 0 spiro atoms. The van der Waals surface area contributed by atoms with Crippen LogP contribution < -0.4 is 4.74 Å². The van der Waals surface area contributed by atoms with E-state index < -0.39 is 0 Å². The van der Waals surface area contributed by atoms with Crippen LogP contribution in [-0.4, -0.2) is 11.1 Å². The Morgan fingerprint density at radius 3 is 2.73 bits per heavy atom. The molecule has 0 unspecified atom stereocenters. The summed E-state index contributed by atoms with van der Waals surface area (Å²) < 4.78 is 5.10. The zero-order valence-electron chi connectivity index (χ0n) is 9.12. The van der Waals surface area contributed by atoms with Crippen LogP contribution in [0.4, 0.5) is 0 Å². The quantitative estimate of drug-likeness (QED) is 0.611. The summed E-state index contributed by atoms with van der Waals surface area (Å²) in [5.41, 5.74) is 0.789. The van der Waals surface area contributed by atoms with Crippen LogP contribution in [0, 0.1) is 0 Å². The molecule has 0 aromatic heterocycles. The number of phenolic OH excluding ortho intramolecular Hbond substituents is 1. The van der Waals surface area contributed by atoms with E-state index in [0.717, 1.165) is 12.0 Å². The summed E-state index contributed by atoms with van der Waals surface area (Å²) in [6, 6.07) is 4.85. The number of ether oxygens (including phenoxy) is 1. The van der Waals surface area contributed by atoms with Crippen molar-refractivity contribution in [1.29, 1.82) is 0 Å². The number of benzene rings is 1. The molecule has 0 fully saturated rings. The highest BCUT2D eigenvalue weighted by Gasteiger charge is 2.05. The average Bonchev–Trinajstić information content (AvgIpc) is 2.21. The van der Waals surface area contributed by atoms with Gasteiger partial charge >= 0.3 is 5.97 Å². The first-order chi connectivity index (χ1) is 7.17. The molecule has 1 rings (SSSR count). The van der Waals surface area contributed by atoms with Crippen molar-refractivity contribution in [2.24, 2.45) is 0 Å². The van der Waals surface area contributed by atoms with Gasteiger partial charge in [-0.05, 0) is 36.6 Å². The van der Waals surface area contributed by atoms with Crippen LogP contribution in [0.5, 0.6) is 11.5 Å². The first-order valence-electron chi connectivity index (χ1n) is 5.20. The maximum absolute atomic E-state index is 11.2. The van der Waals surface area contributed by atoms with Gasteiger partial charge in [-0.25, -0.2) is 0 Å². The third kappa shape index (κ3) is 3.27. The van der Waals surface area contributed by atoms with E-state index in [2.05, 4.69) is 0 Å². The highest BCUT2D eigenvalue weighted by Crippen LogP contribution is 2.23. The standard InChI is InChI=1S/C12H16O3/c1-3-5-12(14)15-10-6-7-11(13)9(4-2)8-10/h6-8,13H,3-5H2,1-2H3. The molecular weight excluding hydrogens is 192 g/mol. The van der Waals surface area contributed by atoms with E-state index >= 15 is 0 Å². The summed E-state index contributed by atoms with van der Waals surface area (Å²) in [5.74, 6) is 0.515. The number of phenols is 1. The number of hydrogen-bond donors (Lipinski definition) is 1. The van der Waals surface area contributed by atoms with Crippen molar-refractivity contribution in [2.75, 3.05) is 0 Å². The monoisotopic (exact) mass is 208 g/mol. The summed E-state index contributed by atoms with van der Waals surface area (Å²) in [6.07, 6.45) is 1.91. The van der Waals surface area contributed by atoms with Gasteiger partial charge in [0, 0.05) is 6.42 Å². The molecule has 0 saturated carbocycles. The molecule has 0 atom stereocenters. The average molecular weight is 208 g/mol. The maximum Gasteiger partial charge on any atom is 0.311 e. The first-order valence-corrected chi connectivity index (χ1v) is 5.20. The molecule has 1 aromatic rings.